The molecule has 0 unspecified atom stereocenters. The van der Waals surface area contributed by atoms with E-state index in [1.165, 1.54) is 0 Å². The van der Waals surface area contributed by atoms with Crippen LogP contribution in [0.2, 0.25) is 0 Å². The number of rotatable bonds is 3. The van der Waals surface area contributed by atoms with E-state index >= 15 is 0 Å². The molecule has 0 fully saturated rings. The Bertz CT molecular complexity index is 443. The Balaban J connectivity index is 2.97. The highest BCUT2D eigenvalue weighted by atomic mass is 32.2. The van der Waals surface area contributed by atoms with Crippen LogP contribution in [0.5, 0.6) is 0 Å². The molecule has 0 amide bonds. The summed E-state index contributed by atoms with van der Waals surface area (Å²) < 4.78 is 52.9. The standard InChI is InChI=1S/C12H14F3NOS/c1-12(2,3)18(17)16-7-9-6-8(11(14)15)4-5-10(9)13/h4-7,11H,1-3H3/b16-7+/t18-/m1/s1. The third-order valence-electron chi connectivity index (χ3n) is 2.08. The molecule has 1 rings (SSSR count). The van der Waals surface area contributed by atoms with Crippen LogP contribution in [-0.4, -0.2) is 15.5 Å². The Labute approximate surface area is 107 Å². The molecule has 0 aromatic heterocycles. The molecule has 2 nitrogen and oxygen atoms in total. The van der Waals surface area contributed by atoms with E-state index in [9.17, 15) is 17.7 Å². The van der Waals surface area contributed by atoms with Crippen molar-refractivity contribution in [2.75, 3.05) is 0 Å². The summed E-state index contributed by atoms with van der Waals surface area (Å²) in [6.45, 7) is 5.14. The van der Waals surface area contributed by atoms with Crippen molar-refractivity contribution >= 4 is 17.6 Å². The summed E-state index contributed by atoms with van der Waals surface area (Å²) in [7, 11) is 0. The lowest BCUT2D eigenvalue weighted by Crippen LogP contribution is -2.25. The molecule has 6 heteroatoms. The number of alkyl halides is 2. The molecule has 0 radical (unpaired) electrons. The molecule has 0 aliphatic heterocycles. The van der Waals surface area contributed by atoms with Crippen LogP contribution in [0.15, 0.2) is 22.6 Å². The maximum atomic E-state index is 13.3. The van der Waals surface area contributed by atoms with E-state index in [1.54, 1.807) is 20.8 Å². The minimum Gasteiger partial charge on any atom is -0.591 e. The second-order valence-electron chi connectivity index (χ2n) is 4.68. The lowest BCUT2D eigenvalue weighted by atomic mass is 10.1. The number of hydrogen-bond acceptors (Lipinski definition) is 2. The highest BCUT2D eigenvalue weighted by molar-refractivity contribution is 7.91. The molecule has 0 bridgehead atoms. The first-order valence-corrected chi connectivity index (χ1v) is 6.36. The van der Waals surface area contributed by atoms with Crippen LogP contribution in [0.4, 0.5) is 13.2 Å². The van der Waals surface area contributed by atoms with Crippen molar-refractivity contribution < 1.29 is 17.7 Å². The van der Waals surface area contributed by atoms with Crippen molar-refractivity contribution in [1.82, 2.24) is 0 Å². The topological polar surface area (TPSA) is 35.4 Å². The van der Waals surface area contributed by atoms with Crippen molar-refractivity contribution in [2.45, 2.75) is 31.9 Å². The third-order valence-corrected chi connectivity index (χ3v) is 3.43. The van der Waals surface area contributed by atoms with Crippen molar-refractivity contribution in [2.24, 2.45) is 4.40 Å². The van der Waals surface area contributed by atoms with E-state index in [1.807, 2.05) is 0 Å². The molecule has 0 heterocycles. The number of halogens is 3. The molecule has 1 atom stereocenters. The van der Waals surface area contributed by atoms with Crippen molar-refractivity contribution in [3.63, 3.8) is 0 Å². The average Bonchev–Trinajstić information content (AvgIpc) is 2.25. The fourth-order valence-electron chi connectivity index (χ4n) is 1.06. The van der Waals surface area contributed by atoms with Crippen molar-refractivity contribution in [1.29, 1.82) is 0 Å². The molecule has 0 saturated carbocycles. The predicted molar refractivity (Wildman–Crippen MR) is 66.8 cm³/mol. The first kappa shape index (κ1) is 15.0. The van der Waals surface area contributed by atoms with Gasteiger partial charge in [-0.25, -0.2) is 13.2 Å². The van der Waals surface area contributed by atoms with Gasteiger partial charge in [0.05, 0.1) is 6.21 Å². The van der Waals surface area contributed by atoms with Crippen molar-refractivity contribution in [3.8, 4) is 0 Å². The van der Waals surface area contributed by atoms with Crippen LogP contribution in [0.25, 0.3) is 0 Å². The number of hydrogen-bond donors (Lipinski definition) is 0. The lowest BCUT2D eigenvalue weighted by Gasteiger charge is -2.17. The molecule has 0 saturated heterocycles. The lowest BCUT2D eigenvalue weighted by molar-refractivity contribution is 0.151. The van der Waals surface area contributed by atoms with Crippen LogP contribution >= 0.6 is 0 Å². The SMILES string of the molecule is CC(C)(C)[S@@+]([O-])/N=C/c1cc(C(F)F)ccc1F. The van der Waals surface area contributed by atoms with E-state index in [0.717, 1.165) is 24.4 Å². The molecular weight excluding hydrogens is 263 g/mol. The summed E-state index contributed by atoms with van der Waals surface area (Å²) in [5.41, 5.74) is -0.384. The second-order valence-corrected chi connectivity index (χ2v) is 6.61. The van der Waals surface area contributed by atoms with E-state index in [0.29, 0.717) is 0 Å². The zero-order valence-corrected chi connectivity index (χ0v) is 11.1. The summed E-state index contributed by atoms with van der Waals surface area (Å²) in [4.78, 5) is 0. The fraction of sp³-hybridized carbons (Fsp3) is 0.417. The van der Waals surface area contributed by atoms with Crippen LogP contribution < -0.4 is 0 Å². The van der Waals surface area contributed by atoms with Gasteiger partial charge >= 0.3 is 0 Å². The van der Waals surface area contributed by atoms with Gasteiger partial charge in [0.1, 0.15) is 21.9 Å². The summed E-state index contributed by atoms with van der Waals surface area (Å²) in [6, 6.07) is 2.96. The maximum Gasteiger partial charge on any atom is 0.263 e. The molecule has 1 aromatic carbocycles. The molecule has 0 N–H and O–H groups in total. The van der Waals surface area contributed by atoms with Gasteiger partial charge in [-0.3, -0.25) is 0 Å². The van der Waals surface area contributed by atoms with E-state index in [4.69, 9.17) is 0 Å². The summed E-state index contributed by atoms with van der Waals surface area (Å²) in [6.07, 6.45) is -1.64. The van der Waals surface area contributed by atoms with Gasteiger partial charge in [0, 0.05) is 11.1 Å². The monoisotopic (exact) mass is 277 g/mol. The normalized spacial score (nSPS) is 14.4. The van der Waals surface area contributed by atoms with Gasteiger partial charge in [-0.2, -0.15) is 0 Å². The zero-order chi connectivity index (χ0) is 13.9. The van der Waals surface area contributed by atoms with E-state index < -0.39 is 28.4 Å². The smallest absolute Gasteiger partial charge is 0.263 e. The van der Waals surface area contributed by atoms with Crippen molar-refractivity contribution in [3.05, 3.63) is 35.1 Å². The summed E-state index contributed by atoms with van der Waals surface area (Å²) >= 11 is -1.55. The largest absolute Gasteiger partial charge is 0.591 e. The molecule has 1 aromatic rings. The fourth-order valence-corrected chi connectivity index (χ4v) is 1.59. The van der Waals surface area contributed by atoms with Gasteiger partial charge in [-0.1, -0.05) is 10.5 Å². The Hall–Kier alpha value is -1.01. The maximum absolute atomic E-state index is 13.3. The van der Waals surface area contributed by atoms with Gasteiger partial charge in [-0.05, 0) is 32.9 Å². The van der Waals surface area contributed by atoms with Gasteiger partial charge < -0.3 is 4.55 Å². The molecule has 0 aliphatic carbocycles. The van der Waals surface area contributed by atoms with E-state index in [-0.39, 0.29) is 11.1 Å². The van der Waals surface area contributed by atoms with Crippen LogP contribution in [0.1, 0.15) is 38.3 Å². The molecular formula is C12H14F3NOS. The summed E-state index contributed by atoms with van der Waals surface area (Å²) in [5, 5.41) is 0. The summed E-state index contributed by atoms with van der Waals surface area (Å²) in [5.74, 6) is -0.672. The quantitative estimate of drug-likeness (QED) is 0.613. The Morgan fingerprint density at radius 2 is 1.94 bits per heavy atom. The Morgan fingerprint density at radius 1 is 1.33 bits per heavy atom. The first-order chi connectivity index (χ1) is 8.21. The number of benzene rings is 1. The third kappa shape index (κ3) is 4.03. The average molecular weight is 277 g/mol. The molecule has 0 spiro atoms. The second kappa shape index (κ2) is 5.75. The number of nitrogens with zero attached hydrogens (tertiary/aromatic N) is 1. The molecule has 0 aliphatic rings. The van der Waals surface area contributed by atoms with Crippen LogP contribution in [-0.2, 0) is 11.4 Å². The minimum atomic E-state index is -2.68. The van der Waals surface area contributed by atoms with Crippen LogP contribution in [0.3, 0.4) is 0 Å². The highest BCUT2D eigenvalue weighted by Crippen LogP contribution is 2.21. The van der Waals surface area contributed by atoms with Gasteiger partial charge in [0.25, 0.3) is 6.43 Å². The zero-order valence-electron chi connectivity index (χ0n) is 10.3. The highest BCUT2D eigenvalue weighted by Gasteiger charge is 2.26. The van der Waals surface area contributed by atoms with E-state index in [2.05, 4.69) is 4.40 Å². The molecule has 100 valence electrons. The van der Waals surface area contributed by atoms with Gasteiger partial charge in [0.2, 0.25) is 0 Å². The predicted octanol–water partition coefficient (Wildman–Crippen LogP) is 3.64. The van der Waals surface area contributed by atoms with Gasteiger partial charge in [-0.15, -0.1) is 0 Å². The molecule has 18 heavy (non-hydrogen) atoms. The minimum absolute atomic E-state index is 0.0922. The Kier molecular flexibility index (Phi) is 4.81. The first-order valence-electron chi connectivity index (χ1n) is 5.25. The van der Waals surface area contributed by atoms with Crippen LogP contribution in [0, 0.1) is 5.82 Å². The van der Waals surface area contributed by atoms with Gasteiger partial charge in [0.15, 0.2) is 0 Å². The Morgan fingerprint density at radius 3 is 2.44 bits per heavy atom.